The molecule has 33 heavy (non-hydrogen) atoms. The van der Waals surface area contributed by atoms with Gasteiger partial charge in [-0.05, 0) is 59.2 Å². The molecule has 0 radical (unpaired) electrons. The van der Waals surface area contributed by atoms with Crippen LogP contribution in [0.4, 0.5) is 0 Å². The van der Waals surface area contributed by atoms with Gasteiger partial charge in [-0.15, -0.1) is 0 Å². The maximum Gasteiger partial charge on any atom is 0.191 e. The molecule has 4 aromatic rings. The number of rotatable bonds is 10. The molecule has 0 spiro atoms. The fraction of sp³-hybridized carbons (Fsp3) is 0.192. The number of hydrogen-bond acceptors (Lipinski definition) is 6. The topological polar surface area (TPSA) is 74.8 Å². The zero-order chi connectivity index (χ0) is 23.0. The minimum atomic E-state index is 0.132. The number of nitrogens with one attached hydrogen (secondary N) is 1. The van der Waals surface area contributed by atoms with Crippen LogP contribution in [0.25, 0.3) is 34.2 Å². The van der Waals surface area contributed by atoms with E-state index in [1.807, 2.05) is 54.6 Å². The van der Waals surface area contributed by atoms with Gasteiger partial charge in [0.2, 0.25) is 0 Å². The van der Waals surface area contributed by atoms with Crippen molar-refractivity contribution in [3.63, 3.8) is 0 Å². The number of aromatic nitrogens is 2. The van der Waals surface area contributed by atoms with Gasteiger partial charge in [-0.1, -0.05) is 30.3 Å². The predicted molar refractivity (Wildman–Crippen MR) is 128 cm³/mol. The molecule has 0 atom stereocenters. The Hall–Kier alpha value is -3.81. The number of nitrogens with zero attached hydrogens (tertiary/aromatic N) is 1. The molecule has 170 valence electrons. The van der Waals surface area contributed by atoms with Crippen LogP contribution in [0.2, 0.25) is 0 Å². The van der Waals surface area contributed by atoms with Gasteiger partial charge >= 0.3 is 0 Å². The smallest absolute Gasteiger partial charge is 0.191 e. The molecule has 1 heterocycles. The van der Waals surface area contributed by atoms with Crippen LogP contribution < -0.4 is 14.2 Å². The number of ether oxygens (including phenoxy) is 5. The van der Waals surface area contributed by atoms with Crippen LogP contribution in [0.3, 0.4) is 0 Å². The maximum atomic E-state index is 5.62. The summed E-state index contributed by atoms with van der Waals surface area (Å²) in [7, 11) is 4.82. The van der Waals surface area contributed by atoms with Gasteiger partial charge in [-0.3, -0.25) is 5.10 Å². The molecule has 7 heteroatoms. The third kappa shape index (κ3) is 5.34. The lowest BCUT2D eigenvalue weighted by atomic mass is 10.0. The van der Waals surface area contributed by atoms with E-state index in [4.69, 9.17) is 23.7 Å². The summed E-state index contributed by atoms with van der Waals surface area (Å²) in [6.45, 7) is 0.325. The highest BCUT2D eigenvalue weighted by Gasteiger charge is 2.07. The Kier molecular flexibility index (Phi) is 7.24. The van der Waals surface area contributed by atoms with Crippen LogP contribution in [-0.4, -0.2) is 45.1 Å². The van der Waals surface area contributed by atoms with Gasteiger partial charge in [0.1, 0.15) is 12.5 Å². The second-order valence-corrected chi connectivity index (χ2v) is 7.22. The van der Waals surface area contributed by atoms with Crippen LogP contribution >= 0.6 is 0 Å². The molecule has 0 fully saturated rings. The summed E-state index contributed by atoms with van der Waals surface area (Å²) in [4.78, 5) is 0. The van der Waals surface area contributed by atoms with E-state index >= 15 is 0 Å². The second-order valence-electron chi connectivity index (χ2n) is 7.22. The molecule has 0 amide bonds. The average molecular weight is 447 g/mol. The lowest BCUT2D eigenvalue weighted by Crippen LogP contribution is -2.04. The quantitative estimate of drug-likeness (QED) is 0.261. The number of benzene rings is 3. The fourth-order valence-corrected chi connectivity index (χ4v) is 3.47. The summed E-state index contributed by atoms with van der Waals surface area (Å²) in [6.07, 6.45) is 3.98. The first kappa shape index (κ1) is 22.4. The lowest BCUT2D eigenvalue weighted by Gasteiger charge is -2.08. The van der Waals surface area contributed by atoms with Crippen LogP contribution in [0.1, 0.15) is 11.3 Å². The SMILES string of the molecule is COCOCOc1cccc(-c2ccc3c(C=Cc4ccc(OC)c(OC)c4)n[nH]c3c2)c1. The van der Waals surface area contributed by atoms with Gasteiger partial charge in [0.25, 0.3) is 0 Å². The van der Waals surface area contributed by atoms with Gasteiger partial charge in [-0.2, -0.15) is 5.10 Å². The first-order valence-electron chi connectivity index (χ1n) is 10.4. The first-order chi connectivity index (χ1) is 16.2. The number of methoxy groups -OCH3 is 3. The molecule has 3 aromatic carbocycles. The van der Waals surface area contributed by atoms with Crippen molar-refractivity contribution in [2.24, 2.45) is 0 Å². The van der Waals surface area contributed by atoms with Crippen molar-refractivity contribution in [3.05, 3.63) is 71.9 Å². The largest absolute Gasteiger partial charge is 0.493 e. The zero-order valence-electron chi connectivity index (χ0n) is 18.8. The van der Waals surface area contributed by atoms with Crippen molar-refractivity contribution in [2.45, 2.75) is 0 Å². The number of fused-ring (bicyclic) bond motifs is 1. The van der Waals surface area contributed by atoms with E-state index in [9.17, 15) is 0 Å². The average Bonchev–Trinajstić information content (AvgIpc) is 3.27. The molecule has 0 aliphatic carbocycles. The first-order valence-corrected chi connectivity index (χ1v) is 10.4. The molecule has 1 aromatic heterocycles. The van der Waals surface area contributed by atoms with Crippen molar-refractivity contribution in [1.82, 2.24) is 10.2 Å². The monoisotopic (exact) mass is 446 g/mol. The molecule has 0 aliphatic rings. The molecule has 1 N–H and O–H groups in total. The van der Waals surface area contributed by atoms with E-state index in [0.717, 1.165) is 39.0 Å². The van der Waals surface area contributed by atoms with Crippen molar-refractivity contribution in [2.75, 3.05) is 34.9 Å². The molecule has 4 rings (SSSR count). The Morgan fingerprint density at radius 1 is 0.818 bits per heavy atom. The van der Waals surface area contributed by atoms with Gasteiger partial charge < -0.3 is 23.7 Å². The van der Waals surface area contributed by atoms with E-state index < -0.39 is 0 Å². The molecule has 0 aliphatic heterocycles. The molecule has 0 saturated heterocycles. The lowest BCUT2D eigenvalue weighted by molar-refractivity contribution is -0.0835. The van der Waals surface area contributed by atoms with Crippen LogP contribution in [0, 0.1) is 0 Å². The summed E-state index contributed by atoms with van der Waals surface area (Å²) in [5, 5.41) is 8.64. The second kappa shape index (κ2) is 10.7. The third-order valence-electron chi connectivity index (χ3n) is 5.11. The Morgan fingerprint density at radius 3 is 2.48 bits per heavy atom. The minimum Gasteiger partial charge on any atom is -0.493 e. The summed E-state index contributed by atoms with van der Waals surface area (Å²) in [5.41, 5.74) is 4.91. The molecular weight excluding hydrogens is 420 g/mol. The summed E-state index contributed by atoms with van der Waals surface area (Å²) < 4.78 is 26.3. The highest BCUT2D eigenvalue weighted by molar-refractivity contribution is 5.92. The van der Waals surface area contributed by atoms with E-state index in [0.29, 0.717) is 11.5 Å². The molecule has 0 bridgehead atoms. The summed E-state index contributed by atoms with van der Waals surface area (Å²) in [6, 6.07) is 19.9. The number of aromatic amines is 1. The highest BCUT2D eigenvalue weighted by atomic mass is 16.7. The van der Waals surface area contributed by atoms with Gasteiger partial charge in [0.15, 0.2) is 18.3 Å². The molecule has 0 saturated carbocycles. The predicted octanol–water partition coefficient (Wildman–Crippen LogP) is 5.37. The van der Waals surface area contributed by atoms with E-state index in [1.165, 1.54) is 0 Å². The van der Waals surface area contributed by atoms with Crippen molar-refractivity contribution < 1.29 is 23.7 Å². The fourth-order valence-electron chi connectivity index (χ4n) is 3.47. The molecular formula is C26H26N2O5. The van der Waals surface area contributed by atoms with Crippen LogP contribution in [-0.2, 0) is 9.47 Å². The standard InChI is InChI=1S/C26H26N2O5/c1-29-16-32-17-33-21-6-4-5-19(14-21)20-9-10-22-23(27-28-24(22)15-20)11-7-18-8-12-25(30-2)26(13-18)31-3/h4-15H,16-17H2,1-3H3,(H,27,28). The summed E-state index contributed by atoms with van der Waals surface area (Å²) >= 11 is 0. The van der Waals surface area contributed by atoms with Gasteiger partial charge in [0.05, 0.1) is 25.4 Å². The highest BCUT2D eigenvalue weighted by Crippen LogP contribution is 2.30. The zero-order valence-corrected chi connectivity index (χ0v) is 18.8. The Morgan fingerprint density at radius 2 is 1.67 bits per heavy atom. The van der Waals surface area contributed by atoms with Gasteiger partial charge in [-0.25, -0.2) is 0 Å². The van der Waals surface area contributed by atoms with Crippen molar-refractivity contribution >= 4 is 23.1 Å². The third-order valence-corrected chi connectivity index (χ3v) is 5.11. The Bertz CT molecular complexity index is 1250. The van der Waals surface area contributed by atoms with Crippen LogP contribution in [0.15, 0.2) is 60.7 Å². The van der Waals surface area contributed by atoms with Crippen molar-refractivity contribution in [1.29, 1.82) is 0 Å². The molecule has 0 unspecified atom stereocenters. The molecule has 7 nitrogen and oxygen atoms in total. The normalized spacial score (nSPS) is 11.2. The Balaban J connectivity index is 1.53. The van der Waals surface area contributed by atoms with E-state index in [2.05, 4.69) is 28.4 Å². The number of hydrogen-bond donors (Lipinski definition) is 1. The van der Waals surface area contributed by atoms with Crippen molar-refractivity contribution in [3.8, 4) is 28.4 Å². The minimum absolute atomic E-state index is 0.132. The van der Waals surface area contributed by atoms with Gasteiger partial charge in [0, 0.05) is 12.5 Å². The number of H-pyrrole nitrogens is 1. The maximum absolute atomic E-state index is 5.62. The van der Waals surface area contributed by atoms with Crippen LogP contribution in [0.5, 0.6) is 17.2 Å². The van der Waals surface area contributed by atoms with E-state index in [1.54, 1.807) is 21.3 Å². The summed E-state index contributed by atoms with van der Waals surface area (Å²) in [5.74, 6) is 2.11. The Labute approximate surface area is 192 Å². The van der Waals surface area contributed by atoms with E-state index in [-0.39, 0.29) is 13.6 Å².